The van der Waals surface area contributed by atoms with Gasteiger partial charge < -0.3 is 5.32 Å². The molecule has 0 aliphatic carbocycles. The fourth-order valence-corrected chi connectivity index (χ4v) is 2.11. The van der Waals surface area contributed by atoms with Gasteiger partial charge in [-0.2, -0.15) is 0 Å². The molecule has 1 N–H and O–H groups in total. The second kappa shape index (κ2) is 6.24. The molecule has 2 aromatic rings. The zero-order valence-corrected chi connectivity index (χ0v) is 12.4. The first-order valence-corrected chi connectivity index (χ1v) is 6.71. The number of nitrogens with one attached hydrogen (secondary N) is 1. The van der Waals surface area contributed by atoms with Crippen molar-refractivity contribution in [3.63, 3.8) is 0 Å². The van der Waals surface area contributed by atoms with Gasteiger partial charge >= 0.3 is 0 Å². The fraction of sp³-hybridized carbons (Fsp3) is 0.0667. The Hall–Kier alpha value is -1.91. The van der Waals surface area contributed by atoms with E-state index in [0.29, 0.717) is 11.3 Å². The molecule has 0 atom stereocenters. The van der Waals surface area contributed by atoms with Crippen LogP contribution in [0.2, 0.25) is 5.02 Å². The third-order valence-corrected chi connectivity index (χ3v) is 3.42. The summed E-state index contributed by atoms with van der Waals surface area (Å²) in [6.45, 7) is 1.70. The van der Waals surface area contributed by atoms with Crippen LogP contribution in [0.15, 0.2) is 36.4 Å². The monoisotopic (exact) mass is 325 g/mol. The van der Waals surface area contributed by atoms with Crippen molar-refractivity contribution in [2.75, 3.05) is 5.32 Å². The average Bonchev–Trinajstić information content (AvgIpc) is 2.43. The molecule has 3 nitrogen and oxygen atoms in total. The van der Waals surface area contributed by atoms with Crippen LogP contribution in [-0.4, -0.2) is 11.1 Å². The normalized spacial score (nSPS) is 10.3. The number of benzene rings is 2. The van der Waals surface area contributed by atoms with Gasteiger partial charge in [0.05, 0.1) is 10.7 Å². The highest BCUT2D eigenvalue weighted by Crippen LogP contribution is 2.25. The Balaban J connectivity index is 2.27. The molecule has 0 bridgehead atoms. The van der Waals surface area contributed by atoms with Crippen LogP contribution in [0.4, 0.5) is 10.1 Å². The van der Waals surface area contributed by atoms with Crippen molar-refractivity contribution in [1.29, 1.82) is 0 Å². The lowest BCUT2D eigenvalue weighted by Crippen LogP contribution is -2.14. The Kier molecular flexibility index (Phi) is 4.60. The highest BCUT2D eigenvalue weighted by Gasteiger charge is 2.13. The number of amides is 1. The maximum atomic E-state index is 13.2. The topological polar surface area (TPSA) is 46.2 Å². The van der Waals surface area contributed by atoms with Crippen LogP contribution in [0.5, 0.6) is 0 Å². The van der Waals surface area contributed by atoms with E-state index < -0.39 is 17.0 Å². The minimum atomic E-state index is -0.643. The fourth-order valence-electron chi connectivity index (χ4n) is 1.77. The molecule has 0 radical (unpaired) electrons. The van der Waals surface area contributed by atoms with Gasteiger partial charge in [0.1, 0.15) is 5.82 Å². The number of rotatable bonds is 3. The standard InChI is InChI=1S/C15H10Cl2FNO2/c1-8-2-4-10(18)7-11(8)15(21)19-13-5-3-9(14(17)20)6-12(13)16/h2-7H,1H3,(H,19,21). The van der Waals surface area contributed by atoms with E-state index >= 15 is 0 Å². The van der Waals surface area contributed by atoms with Gasteiger partial charge in [0.15, 0.2) is 0 Å². The van der Waals surface area contributed by atoms with Crippen LogP contribution in [0.25, 0.3) is 0 Å². The summed E-state index contributed by atoms with van der Waals surface area (Å²) >= 11 is 11.3. The molecule has 0 spiro atoms. The van der Waals surface area contributed by atoms with Crippen molar-refractivity contribution in [2.45, 2.75) is 6.92 Å². The second-order valence-electron chi connectivity index (χ2n) is 4.38. The molecular weight excluding hydrogens is 316 g/mol. The average molecular weight is 326 g/mol. The van der Waals surface area contributed by atoms with Crippen LogP contribution in [0, 0.1) is 12.7 Å². The van der Waals surface area contributed by atoms with E-state index in [4.69, 9.17) is 23.2 Å². The van der Waals surface area contributed by atoms with Crippen molar-refractivity contribution in [1.82, 2.24) is 0 Å². The number of halogens is 3. The lowest BCUT2D eigenvalue weighted by molar-refractivity contribution is 0.102. The Labute approximate surface area is 130 Å². The molecule has 2 aromatic carbocycles. The Bertz CT molecular complexity index is 732. The molecule has 0 aliphatic heterocycles. The van der Waals surface area contributed by atoms with Crippen LogP contribution >= 0.6 is 23.2 Å². The summed E-state index contributed by atoms with van der Waals surface area (Å²) in [5.74, 6) is -0.987. The van der Waals surface area contributed by atoms with Gasteiger partial charge in [0.2, 0.25) is 0 Å². The maximum Gasteiger partial charge on any atom is 0.256 e. The number of carbonyl (C=O) groups is 2. The maximum absolute atomic E-state index is 13.2. The van der Waals surface area contributed by atoms with Crippen molar-refractivity contribution in [2.24, 2.45) is 0 Å². The minimum Gasteiger partial charge on any atom is -0.321 e. The summed E-state index contributed by atoms with van der Waals surface area (Å²) < 4.78 is 13.2. The summed E-state index contributed by atoms with van der Waals surface area (Å²) in [6.07, 6.45) is 0. The van der Waals surface area contributed by atoms with E-state index in [9.17, 15) is 14.0 Å². The van der Waals surface area contributed by atoms with Gasteiger partial charge in [0.25, 0.3) is 11.1 Å². The van der Waals surface area contributed by atoms with E-state index in [1.807, 2.05) is 0 Å². The first-order chi connectivity index (χ1) is 9.88. The molecule has 0 saturated heterocycles. The van der Waals surface area contributed by atoms with Crippen molar-refractivity contribution in [3.8, 4) is 0 Å². The number of aryl methyl sites for hydroxylation is 1. The van der Waals surface area contributed by atoms with Gasteiger partial charge in [-0.3, -0.25) is 9.59 Å². The van der Waals surface area contributed by atoms with E-state index in [1.165, 1.54) is 30.3 Å². The molecule has 1 amide bonds. The molecule has 0 aliphatic rings. The predicted octanol–water partition coefficient (Wildman–Crippen LogP) is 4.42. The number of anilines is 1. The third kappa shape index (κ3) is 3.60. The molecular formula is C15H10Cl2FNO2. The highest BCUT2D eigenvalue weighted by atomic mass is 35.5. The largest absolute Gasteiger partial charge is 0.321 e. The number of hydrogen-bond acceptors (Lipinski definition) is 2. The van der Waals surface area contributed by atoms with E-state index in [-0.39, 0.29) is 16.1 Å². The SMILES string of the molecule is Cc1ccc(F)cc1C(=O)Nc1ccc(C(=O)Cl)cc1Cl. The van der Waals surface area contributed by atoms with Crippen molar-refractivity contribution < 1.29 is 14.0 Å². The van der Waals surface area contributed by atoms with Gasteiger partial charge in [0, 0.05) is 11.1 Å². The number of hydrogen-bond donors (Lipinski definition) is 1. The predicted molar refractivity (Wildman–Crippen MR) is 80.7 cm³/mol. The van der Waals surface area contributed by atoms with Gasteiger partial charge in [-0.15, -0.1) is 0 Å². The zero-order valence-electron chi connectivity index (χ0n) is 10.9. The lowest BCUT2D eigenvalue weighted by Gasteiger charge is -2.10. The van der Waals surface area contributed by atoms with Crippen molar-refractivity contribution >= 4 is 40.0 Å². The Morgan fingerprint density at radius 2 is 1.86 bits per heavy atom. The van der Waals surface area contributed by atoms with Gasteiger partial charge in [-0.05, 0) is 54.4 Å². The van der Waals surface area contributed by atoms with Crippen LogP contribution in [-0.2, 0) is 0 Å². The zero-order chi connectivity index (χ0) is 15.6. The molecule has 0 unspecified atom stereocenters. The molecule has 0 heterocycles. The molecule has 2 rings (SSSR count). The molecule has 108 valence electrons. The first-order valence-electron chi connectivity index (χ1n) is 5.95. The summed E-state index contributed by atoms with van der Waals surface area (Å²) in [7, 11) is 0. The molecule has 21 heavy (non-hydrogen) atoms. The van der Waals surface area contributed by atoms with Crippen LogP contribution in [0.1, 0.15) is 26.3 Å². The lowest BCUT2D eigenvalue weighted by atomic mass is 10.1. The third-order valence-electron chi connectivity index (χ3n) is 2.89. The van der Waals surface area contributed by atoms with Crippen LogP contribution in [0.3, 0.4) is 0 Å². The summed E-state index contributed by atoms with van der Waals surface area (Å²) in [5.41, 5.74) is 1.38. The van der Waals surface area contributed by atoms with E-state index in [0.717, 1.165) is 6.07 Å². The second-order valence-corrected chi connectivity index (χ2v) is 5.13. The van der Waals surface area contributed by atoms with Crippen LogP contribution < -0.4 is 5.32 Å². The smallest absolute Gasteiger partial charge is 0.256 e. The molecule has 0 saturated carbocycles. The molecule has 6 heteroatoms. The molecule has 0 aromatic heterocycles. The summed E-state index contributed by atoms with van der Waals surface area (Å²) in [6, 6.07) is 8.20. The molecule has 0 fully saturated rings. The van der Waals surface area contributed by atoms with Gasteiger partial charge in [-0.25, -0.2) is 4.39 Å². The van der Waals surface area contributed by atoms with Crippen molar-refractivity contribution in [3.05, 3.63) is 63.9 Å². The highest BCUT2D eigenvalue weighted by molar-refractivity contribution is 6.67. The van der Waals surface area contributed by atoms with Gasteiger partial charge in [-0.1, -0.05) is 17.7 Å². The quantitative estimate of drug-likeness (QED) is 0.849. The summed E-state index contributed by atoms with van der Waals surface area (Å²) in [4.78, 5) is 23.1. The first kappa shape index (κ1) is 15.5. The minimum absolute atomic E-state index is 0.170. The number of carbonyl (C=O) groups excluding carboxylic acids is 2. The Morgan fingerprint density at radius 3 is 2.48 bits per heavy atom. The summed E-state index contributed by atoms with van der Waals surface area (Å²) in [5, 5.41) is 2.10. The van der Waals surface area contributed by atoms with E-state index in [2.05, 4.69) is 5.32 Å². The van der Waals surface area contributed by atoms with E-state index in [1.54, 1.807) is 6.92 Å². The Morgan fingerprint density at radius 1 is 1.14 bits per heavy atom.